The molecule has 1 saturated heterocycles. The minimum absolute atomic E-state index is 0.0254. The van der Waals surface area contributed by atoms with Gasteiger partial charge in [0.05, 0.1) is 5.69 Å². The van der Waals surface area contributed by atoms with Gasteiger partial charge < -0.3 is 20.3 Å². The van der Waals surface area contributed by atoms with E-state index in [0.717, 1.165) is 19.1 Å². The molecule has 0 bridgehead atoms. The topological polar surface area (TPSA) is 88.7 Å². The van der Waals surface area contributed by atoms with E-state index in [-0.39, 0.29) is 11.7 Å². The smallest absolute Gasteiger partial charge is 0.354 e. The van der Waals surface area contributed by atoms with Crippen molar-refractivity contribution in [2.75, 3.05) is 31.5 Å². The number of anilines is 1. The number of H-pyrrole nitrogens is 1. The van der Waals surface area contributed by atoms with Crippen molar-refractivity contribution in [2.24, 2.45) is 0 Å². The van der Waals surface area contributed by atoms with Gasteiger partial charge in [0.2, 0.25) is 0 Å². The van der Waals surface area contributed by atoms with Crippen LogP contribution in [0.25, 0.3) is 0 Å². The fourth-order valence-corrected chi connectivity index (χ4v) is 2.78. The Morgan fingerprint density at radius 3 is 2.52 bits per heavy atom. The Hall–Kier alpha value is -2.02. The highest BCUT2D eigenvalue weighted by atomic mass is 16.4. The lowest BCUT2D eigenvalue weighted by atomic mass is 10.3. The summed E-state index contributed by atoms with van der Waals surface area (Å²) in [6.07, 6.45) is 2.55. The fraction of sp³-hybridized carbons (Fsp3) is 0.571. The summed E-state index contributed by atoms with van der Waals surface area (Å²) in [4.78, 5) is 30.3. The van der Waals surface area contributed by atoms with Gasteiger partial charge in [0.1, 0.15) is 5.69 Å². The van der Waals surface area contributed by atoms with Crippen LogP contribution in [0.3, 0.4) is 0 Å². The van der Waals surface area contributed by atoms with Crippen molar-refractivity contribution < 1.29 is 14.7 Å². The number of urea groups is 1. The third kappa shape index (κ3) is 3.02. The van der Waals surface area contributed by atoms with Crippen LogP contribution in [-0.4, -0.2) is 64.1 Å². The summed E-state index contributed by atoms with van der Waals surface area (Å²) in [6.45, 7) is 4.94. The molecule has 2 heterocycles. The van der Waals surface area contributed by atoms with Gasteiger partial charge in [0.15, 0.2) is 0 Å². The molecule has 2 amide bonds. The highest BCUT2D eigenvalue weighted by molar-refractivity contribution is 5.99. The van der Waals surface area contributed by atoms with Gasteiger partial charge in [-0.05, 0) is 25.8 Å². The number of amides is 2. The number of aromatic amines is 1. The minimum atomic E-state index is -1.07. The van der Waals surface area contributed by atoms with Crippen molar-refractivity contribution in [1.29, 1.82) is 0 Å². The summed E-state index contributed by atoms with van der Waals surface area (Å²) in [5.74, 6) is -1.07. The molecule has 114 valence electrons. The first-order valence-electron chi connectivity index (χ1n) is 7.27. The summed E-state index contributed by atoms with van der Waals surface area (Å²) in [7, 11) is 0. The van der Waals surface area contributed by atoms with E-state index in [1.807, 2.05) is 0 Å². The van der Waals surface area contributed by atoms with Crippen LogP contribution >= 0.6 is 0 Å². The Balaban J connectivity index is 1.60. The van der Waals surface area contributed by atoms with E-state index in [1.54, 1.807) is 17.9 Å². The molecule has 0 radical (unpaired) electrons. The molecule has 3 N–H and O–H groups in total. The number of rotatable bonds is 3. The van der Waals surface area contributed by atoms with E-state index in [4.69, 9.17) is 5.11 Å². The molecule has 1 aromatic rings. The molecule has 3 rings (SSSR count). The number of carboxylic acids is 1. The molecule has 7 nitrogen and oxygen atoms in total. The van der Waals surface area contributed by atoms with Crippen LogP contribution in [0.15, 0.2) is 6.07 Å². The zero-order valence-electron chi connectivity index (χ0n) is 12.1. The van der Waals surface area contributed by atoms with Gasteiger partial charge >= 0.3 is 12.0 Å². The summed E-state index contributed by atoms with van der Waals surface area (Å²) in [5.41, 5.74) is 1.06. The van der Waals surface area contributed by atoms with E-state index < -0.39 is 5.97 Å². The van der Waals surface area contributed by atoms with Gasteiger partial charge in [-0.2, -0.15) is 0 Å². The first kappa shape index (κ1) is 13.9. The Kier molecular flexibility index (Phi) is 3.59. The average molecular weight is 292 g/mol. The number of aryl methyl sites for hydroxylation is 1. The fourth-order valence-electron chi connectivity index (χ4n) is 2.78. The van der Waals surface area contributed by atoms with E-state index in [0.29, 0.717) is 24.5 Å². The number of aromatic carboxylic acids is 1. The van der Waals surface area contributed by atoms with E-state index >= 15 is 0 Å². The zero-order chi connectivity index (χ0) is 15.0. The second-order valence-corrected chi connectivity index (χ2v) is 5.73. The van der Waals surface area contributed by atoms with Crippen molar-refractivity contribution in [1.82, 2.24) is 14.8 Å². The highest BCUT2D eigenvalue weighted by Gasteiger charge is 2.32. The van der Waals surface area contributed by atoms with Crippen LogP contribution in [0.4, 0.5) is 10.5 Å². The van der Waals surface area contributed by atoms with Crippen molar-refractivity contribution in [3.63, 3.8) is 0 Å². The predicted molar refractivity (Wildman–Crippen MR) is 77.7 cm³/mol. The number of hydrogen-bond acceptors (Lipinski definition) is 3. The van der Waals surface area contributed by atoms with Crippen LogP contribution in [0.5, 0.6) is 0 Å². The number of aromatic nitrogens is 1. The maximum atomic E-state index is 12.2. The number of nitrogens with one attached hydrogen (secondary N) is 2. The average Bonchev–Trinajstić information content (AvgIpc) is 3.23. The van der Waals surface area contributed by atoms with Crippen molar-refractivity contribution in [2.45, 2.75) is 25.8 Å². The molecule has 1 saturated carbocycles. The third-order valence-electron chi connectivity index (χ3n) is 4.07. The molecule has 0 atom stereocenters. The lowest BCUT2D eigenvalue weighted by Gasteiger charge is -2.34. The second-order valence-electron chi connectivity index (χ2n) is 5.73. The predicted octanol–water partition coefficient (Wildman–Crippen LogP) is 1.33. The molecule has 21 heavy (non-hydrogen) atoms. The summed E-state index contributed by atoms with van der Waals surface area (Å²) >= 11 is 0. The molecule has 2 fully saturated rings. The quantitative estimate of drug-likeness (QED) is 0.784. The van der Waals surface area contributed by atoms with Crippen molar-refractivity contribution in [3.8, 4) is 0 Å². The van der Waals surface area contributed by atoms with Crippen LogP contribution in [0, 0.1) is 6.92 Å². The van der Waals surface area contributed by atoms with Gasteiger partial charge in [0.25, 0.3) is 0 Å². The van der Waals surface area contributed by atoms with Gasteiger partial charge in [0, 0.05) is 37.9 Å². The standard InChI is InChI=1S/C14H20N4O3/c1-9-8-11(12(15-9)13(19)20)16-14(21)18-6-4-17(5-7-18)10-2-3-10/h8,10,15H,2-7H2,1H3,(H,16,21)(H,19,20). The normalized spacial score (nSPS) is 19.6. The molecule has 1 aromatic heterocycles. The minimum Gasteiger partial charge on any atom is -0.477 e. The van der Waals surface area contributed by atoms with Gasteiger partial charge in [-0.3, -0.25) is 4.90 Å². The molecule has 0 unspecified atom stereocenters. The number of piperazine rings is 1. The third-order valence-corrected chi connectivity index (χ3v) is 4.07. The van der Waals surface area contributed by atoms with Crippen LogP contribution in [-0.2, 0) is 0 Å². The molecular formula is C14H20N4O3. The maximum Gasteiger partial charge on any atom is 0.354 e. The number of carbonyl (C=O) groups excluding carboxylic acids is 1. The second kappa shape index (κ2) is 5.40. The molecule has 7 heteroatoms. The monoisotopic (exact) mass is 292 g/mol. The molecule has 0 spiro atoms. The highest BCUT2D eigenvalue weighted by Crippen LogP contribution is 2.27. The van der Waals surface area contributed by atoms with Crippen LogP contribution in [0.2, 0.25) is 0 Å². The molecule has 1 aliphatic heterocycles. The lowest BCUT2D eigenvalue weighted by Crippen LogP contribution is -2.50. The van der Waals surface area contributed by atoms with E-state index in [9.17, 15) is 9.59 Å². The Morgan fingerprint density at radius 2 is 1.95 bits per heavy atom. The largest absolute Gasteiger partial charge is 0.477 e. The SMILES string of the molecule is Cc1cc(NC(=O)N2CCN(C3CC3)CC2)c(C(=O)O)[nH]1. The first-order chi connectivity index (χ1) is 10.0. The van der Waals surface area contributed by atoms with Crippen molar-refractivity contribution in [3.05, 3.63) is 17.5 Å². The first-order valence-corrected chi connectivity index (χ1v) is 7.27. The van der Waals surface area contributed by atoms with Crippen LogP contribution < -0.4 is 5.32 Å². The molecule has 2 aliphatic rings. The Bertz CT molecular complexity index is 557. The summed E-state index contributed by atoms with van der Waals surface area (Å²) in [5, 5.41) is 11.8. The van der Waals surface area contributed by atoms with Crippen LogP contribution in [0.1, 0.15) is 29.0 Å². The lowest BCUT2D eigenvalue weighted by molar-refractivity contribution is 0.0692. The zero-order valence-corrected chi connectivity index (χ0v) is 12.1. The number of hydrogen-bond donors (Lipinski definition) is 3. The Morgan fingerprint density at radius 1 is 1.29 bits per heavy atom. The molecular weight excluding hydrogens is 272 g/mol. The number of carboxylic acid groups (broad SMARTS) is 1. The molecule has 1 aliphatic carbocycles. The maximum absolute atomic E-state index is 12.2. The Labute approximate surface area is 122 Å². The summed E-state index contributed by atoms with van der Waals surface area (Å²) < 4.78 is 0. The van der Waals surface area contributed by atoms with Crippen molar-refractivity contribution >= 4 is 17.7 Å². The summed E-state index contributed by atoms with van der Waals surface area (Å²) in [6, 6.07) is 2.13. The number of nitrogens with zero attached hydrogens (tertiary/aromatic N) is 2. The van der Waals surface area contributed by atoms with Gasteiger partial charge in [-0.1, -0.05) is 0 Å². The van der Waals surface area contributed by atoms with E-state index in [2.05, 4.69) is 15.2 Å². The van der Waals surface area contributed by atoms with Gasteiger partial charge in [-0.25, -0.2) is 9.59 Å². The van der Waals surface area contributed by atoms with Gasteiger partial charge in [-0.15, -0.1) is 0 Å². The van der Waals surface area contributed by atoms with E-state index in [1.165, 1.54) is 12.8 Å². The molecule has 0 aromatic carbocycles. The number of carbonyl (C=O) groups is 2.